The highest BCUT2D eigenvalue weighted by molar-refractivity contribution is 6.06. The molecular weight excluding hydrogens is 226 g/mol. The van der Waals surface area contributed by atoms with Gasteiger partial charge in [0, 0.05) is 6.42 Å². The summed E-state index contributed by atoms with van der Waals surface area (Å²) in [6.07, 6.45) is 4.72. The molecule has 1 heterocycles. The average Bonchev–Trinajstić information content (AvgIpc) is 2.46. The predicted molar refractivity (Wildman–Crippen MR) is 70.5 cm³/mol. The van der Waals surface area contributed by atoms with E-state index in [1.54, 1.807) is 12.2 Å². The fraction of sp³-hybridized carbons (Fsp3) is 0.333. The van der Waals surface area contributed by atoms with Gasteiger partial charge in [-0.25, -0.2) is 4.79 Å². The van der Waals surface area contributed by atoms with E-state index >= 15 is 0 Å². The number of rotatable bonds is 4. The van der Waals surface area contributed by atoms with E-state index in [4.69, 9.17) is 0 Å². The number of carbonyl (C=O) groups excluding carboxylic acids is 2. The average molecular weight is 241 g/mol. The lowest BCUT2D eigenvalue weighted by atomic mass is 9.95. The molecule has 0 saturated heterocycles. The lowest BCUT2D eigenvalue weighted by Gasteiger charge is -2.14. The fourth-order valence-corrected chi connectivity index (χ4v) is 2.05. The van der Waals surface area contributed by atoms with Gasteiger partial charge in [-0.15, -0.1) is 0 Å². The van der Waals surface area contributed by atoms with E-state index in [0.29, 0.717) is 6.42 Å². The normalized spacial score (nSPS) is 18.1. The first-order valence-corrected chi connectivity index (χ1v) is 6.15. The quantitative estimate of drug-likeness (QED) is 0.599. The third kappa shape index (κ3) is 3.02. The molecule has 0 aliphatic carbocycles. The van der Waals surface area contributed by atoms with Crippen molar-refractivity contribution in [3.63, 3.8) is 0 Å². The standard InChI is InChI=1S/C15H15NO2/c17-11-13(10-12-6-2-1-3-7-12)15(18)14-8-4-5-9-16-14/h1-3,6-7,9,14H,4-5,8,10H2. The first-order chi connectivity index (χ1) is 8.81. The van der Waals surface area contributed by atoms with Crippen molar-refractivity contribution in [2.24, 2.45) is 4.99 Å². The van der Waals surface area contributed by atoms with Gasteiger partial charge >= 0.3 is 0 Å². The zero-order valence-electron chi connectivity index (χ0n) is 10.1. The maximum Gasteiger partial charge on any atom is 0.194 e. The largest absolute Gasteiger partial charge is 0.291 e. The number of benzene rings is 1. The van der Waals surface area contributed by atoms with Crippen molar-refractivity contribution in [1.29, 1.82) is 0 Å². The molecule has 0 saturated carbocycles. The molecule has 1 aliphatic heterocycles. The smallest absolute Gasteiger partial charge is 0.194 e. The molecule has 1 atom stereocenters. The van der Waals surface area contributed by atoms with E-state index < -0.39 is 0 Å². The van der Waals surface area contributed by atoms with Crippen molar-refractivity contribution in [2.45, 2.75) is 31.7 Å². The Morgan fingerprint density at radius 3 is 2.72 bits per heavy atom. The highest BCUT2D eigenvalue weighted by Crippen LogP contribution is 2.16. The second kappa shape index (κ2) is 6.08. The molecule has 0 bridgehead atoms. The number of Topliss-reactive ketones (excluding diaryl/α,β-unsaturated/α-hetero) is 1. The van der Waals surface area contributed by atoms with Gasteiger partial charge in [0.25, 0.3) is 0 Å². The Balaban J connectivity index is 2.10. The van der Waals surface area contributed by atoms with Crippen LogP contribution in [0.1, 0.15) is 24.8 Å². The minimum Gasteiger partial charge on any atom is -0.291 e. The zero-order valence-corrected chi connectivity index (χ0v) is 10.1. The van der Waals surface area contributed by atoms with E-state index in [0.717, 1.165) is 24.8 Å². The van der Waals surface area contributed by atoms with Crippen LogP contribution in [0.15, 0.2) is 40.9 Å². The van der Waals surface area contributed by atoms with Gasteiger partial charge in [-0.1, -0.05) is 30.3 Å². The second-order valence-corrected chi connectivity index (χ2v) is 4.39. The number of aliphatic imine (C=N–C) groups is 1. The molecule has 0 radical (unpaired) electrons. The highest BCUT2D eigenvalue weighted by Gasteiger charge is 2.23. The Morgan fingerprint density at radius 2 is 2.11 bits per heavy atom. The van der Waals surface area contributed by atoms with Gasteiger partial charge in [0.05, 0.1) is 5.57 Å². The first kappa shape index (κ1) is 12.5. The summed E-state index contributed by atoms with van der Waals surface area (Å²) in [5, 5.41) is 0. The number of ketones is 1. The Hall–Kier alpha value is -1.99. The minimum atomic E-state index is -0.376. The Bertz CT molecular complexity index is 498. The van der Waals surface area contributed by atoms with E-state index in [9.17, 15) is 9.59 Å². The van der Waals surface area contributed by atoms with Gasteiger partial charge in [-0.2, -0.15) is 0 Å². The molecule has 0 N–H and O–H groups in total. The summed E-state index contributed by atoms with van der Waals surface area (Å²) in [6, 6.07) is 9.10. The van der Waals surface area contributed by atoms with Crippen molar-refractivity contribution < 1.29 is 9.59 Å². The van der Waals surface area contributed by atoms with Crippen LogP contribution < -0.4 is 0 Å². The van der Waals surface area contributed by atoms with Crippen LogP contribution in [0.3, 0.4) is 0 Å². The van der Waals surface area contributed by atoms with Crippen LogP contribution in [0.25, 0.3) is 0 Å². The van der Waals surface area contributed by atoms with Crippen LogP contribution in [0.5, 0.6) is 0 Å². The molecule has 0 aromatic heterocycles. The molecule has 0 amide bonds. The maximum atomic E-state index is 12.1. The molecule has 18 heavy (non-hydrogen) atoms. The van der Waals surface area contributed by atoms with Crippen LogP contribution in [0.2, 0.25) is 0 Å². The molecule has 92 valence electrons. The maximum absolute atomic E-state index is 12.1. The molecular formula is C15H15NO2. The van der Waals surface area contributed by atoms with E-state index in [-0.39, 0.29) is 17.4 Å². The second-order valence-electron chi connectivity index (χ2n) is 4.39. The van der Waals surface area contributed by atoms with Crippen molar-refractivity contribution in [3.05, 3.63) is 41.5 Å². The van der Waals surface area contributed by atoms with Crippen molar-refractivity contribution >= 4 is 17.9 Å². The molecule has 2 rings (SSSR count). The number of nitrogens with zero attached hydrogens (tertiary/aromatic N) is 1. The van der Waals surface area contributed by atoms with E-state index in [1.807, 2.05) is 30.3 Å². The summed E-state index contributed by atoms with van der Waals surface area (Å²) < 4.78 is 0. The third-order valence-electron chi connectivity index (χ3n) is 3.04. The summed E-state index contributed by atoms with van der Waals surface area (Å²) in [7, 11) is 0. The van der Waals surface area contributed by atoms with Gasteiger partial charge in [0.1, 0.15) is 12.0 Å². The summed E-state index contributed by atoms with van der Waals surface area (Å²) in [6.45, 7) is 0. The molecule has 1 aromatic carbocycles. The number of carbonyl (C=O) groups is 1. The number of hydrogen-bond donors (Lipinski definition) is 0. The first-order valence-electron chi connectivity index (χ1n) is 6.15. The summed E-state index contributed by atoms with van der Waals surface area (Å²) in [4.78, 5) is 27.2. The molecule has 0 spiro atoms. The predicted octanol–water partition coefficient (Wildman–Crippen LogP) is 2.18. The summed E-state index contributed by atoms with van der Waals surface area (Å²) in [5.74, 6) is 1.61. The van der Waals surface area contributed by atoms with Gasteiger partial charge in [-0.3, -0.25) is 9.79 Å². The highest BCUT2D eigenvalue weighted by atomic mass is 16.1. The monoisotopic (exact) mass is 241 g/mol. The Morgan fingerprint density at radius 1 is 1.33 bits per heavy atom. The van der Waals surface area contributed by atoms with Crippen molar-refractivity contribution in [2.75, 3.05) is 0 Å². The van der Waals surface area contributed by atoms with Gasteiger partial charge in [0.2, 0.25) is 0 Å². The minimum absolute atomic E-state index is 0.176. The Labute approximate surface area is 106 Å². The van der Waals surface area contributed by atoms with Gasteiger partial charge < -0.3 is 0 Å². The van der Waals surface area contributed by atoms with Crippen LogP contribution in [0, 0.1) is 0 Å². The lowest BCUT2D eigenvalue weighted by Crippen LogP contribution is -2.24. The van der Waals surface area contributed by atoms with Gasteiger partial charge in [-0.05, 0) is 31.0 Å². The van der Waals surface area contributed by atoms with E-state index in [2.05, 4.69) is 4.99 Å². The molecule has 3 nitrogen and oxygen atoms in total. The topological polar surface area (TPSA) is 46.5 Å². The fourth-order valence-electron chi connectivity index (χ4n) is 2.05. The molecule has 1 aromatic rings. The third-order valence-corrected chi connectivity index (χ3v) is 3.04. The molecule has 1 unspecified atom stereocenters. The van der Waals surface area contributed by atoms with Crippen molar-refractivity contribution in [3.8, 4) is 0 Å². The van der Waals surface area contributed by atoms with Crippen LogP contribution in [0.4, 0.5) is 0 Å². The summed E-state index contributed by atoms with van der Waals surface area (Å²) >= 11 is 0. The lowest BCUT2D eigenvalue weighted by molar-refractivity contribution is -0.116. The van der Waals surface area contributed by atoms with Gasteiger partial charge in [0.15, 0.2) is 5.78 Å². The number of hydrogen-bond acceptors (Lipinski definition) is 3. The van der Waals surface area contributed by atoms with Crippen LogP contribution in [-0.4, -0.2) is 24.0 Å². The molecule has 3 heteroatoms. The summed E-state index contributed by atoms with van der Waals surface area (Å²) in [5.41, 5.74) is 1.15. The van der Waals surface area contributed by atoms with Crippen LogP contribution >= 0.6 is 0 Å². The van der Waals surface area contributed by atoms with Crippen LogP contribution in [-0.2, 0) is 16.0 Å². The molecule has 0 fully saturated rings. The zero-order chi connectivity index (χ0) is 12.8. The SMILES string of the molecule is O=C=C(Cc1ccccc1)C(=O)C1CCCC=N1. The van der Waals surface area contributed by atoms with Crippen molar-refractivity contribution in [1.82, 2.24) is 0 Å². The Kier molecular flexibility index (Phi) is 4.21. The van der Waals surface area contributed by atoms with E-state index in [1.165, 1.54) is 0 Å². The molecule has 1 aliphatic rings.